The van der Waals surface area contributed by atoms with Crippen LogP contribution in [-0.2, 0) is 0 Å². The molecule has 0 unspecified atom stereocenters. The summed E-state index contributed by atoms with van der Waals surface area (Å²) in [6.07, 6.45) is 3.33. The summed E-state index contributed by atoms with van der Waals surface area (Å²) in [4.78, 5) is 12.3. The van der Waals surface area contributed by atoms with Gasteiger partial charge < -0.3 is 5.11 Å². The molecule has 6 nitrogen and oxygen atoms in total. The van der Waals surface area contributed by atoms with Crippen LogP contribution in [0.15, 0.2) is 90.2 Å². The van der Waals surface area contributed by atoms with E-state index in [2.05, 4.69) is 15.6 Å². The topological polar surface area (TPSA) is 79.5 Å². The van der Waals surface area contributed by atoms with E-state index in [4.69, 9.17) is 11.6 Å². The molecule has 0 aliphatic carbocycles. The van der Waals surface area contributed by atoms with E-state index in [1.54, 1.807) is 22.9 Å². The Bertz CT molecular complexity index is 1220. The van der Waals surface area contributed by atoms with Gasteiger partial charge in [-0.1, -0.05) is 60.1 Å². The molecule has 148 valence electrons. The average Bonchev–Trinajstić information content (AvgIpc) is 3.19. The van der Waals surface area contributed by atoms with Crippen LogP contribution in [0.5, 0.6) is 5.75 Å². The number of amides is 1. The highest BCUT2D eigenvalue weighted by molar-refractivity contribution is 6.30. The van der Waals surface area contributed by atoms with Gasteiger partial charge in [0.25, 0.3) is 5.91 Å². The van der Waals surface area contributed by atoms with Crippen molar-refractivity contribution in [3.05, 3.63) is 101 Å². The smallest absolute Gasteiger partial charge is 0.275 e. The van der Waals surface area contributed by atoms with Crippen LogP contribution in [-0.4, -0.2) is 27.0 Å². The molecule has 0 saturated heterocycles. The van der Waals surface area contributed by atoms with Crippen molar-refractivity contribution >= 4 is 23.7 Å². The number of phenolic OH excluding ortho intramolecular Hbond substituents is 1. The molecule has 0 atom stereocenters. The van der Waals surface area contributed by atoms with Crippen molar-refractivity contribution < 1.29 is 9.90 Å². The number of carbonyl (C=O) groups excluding carboxylic acids is 1. The SMILES string of the molecule is O=C(N/N=C/c1cn(-c2cccc(Cl)c2)nc1-c1ccccc1)c1ccccc1O. The summed E-state index contributed by atoms with van der Waals surface area (Å²) >= 11 is 6.11. The molecule has 0 bridgehead atoms. The number of aromatic nitrogens is 2. The predicted molar refractivity (Wildman–Crippen MR) is 117 cm³/mol. The van der Waals surface area contributed by atoms with Crippen LogP contribution in [0, 0.1) is 0 Å². The maximum Gasteiger partial charge on any atom is 0.275 e. The third kappa shape index (κ3) is 4.24. The van der Waals surface area contributed by atoms with Crippen molar-refractivity contribution in [3.63, 3.8) is 0 Å². The van der Waals surface area contributed by atoms with Crippen LogP contribution in [0.2, 0.25) is 5.02 Å². The fourth-order valence-electron chi connectivity index (χ4n) is 2.94. The monoisotopic (exact) mass is 416 g/mol. The zero-order valence-corrected chi connectivity index (χ0v) is 16.5. The molecule has 0 fully saturated rings. The molecule has 4 rings (SSSR count). The fraction of sp³-hybridized carbons (Fsp3) is 0. The molecule has 1 aromatic heterocycles. The number of halogens is 1. The number of hydrogen-bond donors (Lipinski definition) is 2. The molecule has 1 heterocycles. The molecule has 1 amide bonds. The normalized spacial score (nSPS) is 11.0. The van der Waals surface area contributed by atoms with Crippen molar-refractivity contribution in [2.75, 3.05) is 0 Å². The third-order valence-electron chi connectivity index (χ3n) is 4.38. The van der Waals surface area contributed by atoms with Gasteiger partial charge in [-0.3, -0.25) is 4.79 Å². The van der Waals surface area contributed by atoms with E-state index in [-0.39, 0.29) is 11.3 Å². The van der Waals surface area contributed by atoms with Gasteiger partial charge in [-0.15, -0.1) is 0 Å². The molecule has 0 radical (unpaired) electrons. The second-order valence-electron chi connectivity index (χ2n) is 6.44. The lowest BCUT2D eigenvalue weighted by Gasteiger charge is -2.02. The van der Waals surface area contributed by atoms with E-state index >= 15 is 0 Å². The van der Waals surface area contributed by atoms with Gasteiger partial charge in [0.1, 0.15) is 11.4 Å². The second-order valence-corrected chi connectivity index (χ2v) is 6.88. The molecule has 30 heavy (non-hydrogen) atoms. The average molecular weight is 417 g/mol. The first-order chi connectivity index (χ1) is 14.6. The van der Waals surface area contributed by atoms with Crippen molar-refractivity contribution in [1.29, 1.82) is 0 Å². The van der Waals surface area contributed by atoms with E-state index in [0.717, 1.165) is 11.3 Å². The Morgan fingerprint density at radius 3 is 2.57 bits per heavy atom. The van der Waals surface area contributed by atoms with Gasteiger partial charge in [0.2, 0.25) is 0 Å². The van der Waals surface area contributed by atoms with Crippen LogP contribution < -0.4 is 5.43 Å². The van der Waals surface area contributed by atoms with Gasteiger partial charge in [-0.2, -0.15) is 10.2 Å². The van der Waals surface area contributed by atoms with Crippen LogP contribution in [0.25, 0.3) is 16.9 Å². The Balaban J connectivity index is 1.65. The Hall–Kier alpha value is -3.90. The quantitative estimate of drug-likeness (QED) is 0.366. The summed E-state index contributed by atoms with van der Waals surface area (Å²) < 4.78 is 1.71. The fourth-order valence-corrected chi connectivity index (χ4v) is 3.12. The lowest BCUT2D eigenvalue weighted by molar-refractivity contribution is 0.0952. The number of rotatable bonds is 5. The number of hydrazone groups is 1. The molecule has 3 aromatic carbocycles. The molecule has 0 aliphatic heterocycles. The van der Waals surface area contributed by atoms with Crippen LogP contribution in [0.3, 0.4) is 0 Å². The standard InChI is InChI=1S/C23H17ClN4O2/c24-18-9-6-10-19(13-18)28-15-17(22(27-28)16-7-2-1-3-8-16)14-25-26-23(30)20-11-4-5-12-21(20)29/h1-15,29H,(H,26,30)/b25-14+. The summed E-state index contributed by atoms with van der Waals surface area (Å²) in [6, 6.07) is 23.3. The van der Waals surface area contributed by atoms with Gasteiger partial charge in [-0.25, -0.2) is 10.1 Å². The Kier molecular flexibility index (Phi) is 5.59. The minimum Gasteiger partial charge on any atom is -0.507 e. The van der Waals surface area contributed by atoms with Crippen molar-refractivity contribution in [2.24, 2.45) is 5.10 Å². The summed E-state index contributed by atoms with van der Waals surface area (Å²) in [5.74, 6) is -0.614. The highest BCUT2D eigenvalue weighted by Crippen LogP contribution is 2.23. The number of para-hydroxylation sites is 1. The molecule has 0 saturated carbocycles. The molecular weight excluding hydrogens is 400 g/mol. The first-order valence-electron chi connectivity index (χ1n) is 9.14. The van der Waals surface area contributed by atoms with E-state index in [1.807, 2.05) is 54.7 Å². The zero-order valence-electron chi connectivity index (χ0n) is 15.7. The lowest BCUT2D eigenvalue weighted by Crippen LogP contribution is -2.17. The number of phenols is 1. The molecule has 0 aliphatic rings. The minimum absolute atomic E-state index is 0.107. The second kappa shape index (κ2) is 8.63. The van der Waals surface area contributed by atoms with Gasteiger partial charge in [0.05, 0.1) is 17.5 Å². The number of aromatic hydroxyl groups is 1. The zero-order chi connectivity index (χ0) is 20.9. The van der Waals surface area contributed by atoms with Crippen LogP contribution in [0.4, 0.5) is 0 Å². The lowest BCUT2D eigenvalue weighted by atomic mass is 10.1. The maximum absolute atomic E-state index is 12.3. The van der Waals surface area contributed by atoms with Gasteiger partial charge in [0.15, 0.2) is 0 Å². The molecule has 0 spiro atoms. The third-order valence-corrected chi connectivity index (χ3v) is 4.62. The van der Waals surface area contributed by atoms with Gasteiger partial charge in [0, 0.05) is 22.3 Å². The summed E-state index contributed by atoms with van der Waals surface area (Å²) in [5, 5.41) is 19.1. The highest BCUT2D eigenvalue weighted by atomic mass is 35.5. The first-order valence-corrected chi connectivity index (χ1v) is 9.52. The number of hydrogen-bond acceptors (Lipinski definition) is 4. The van der Waals surface area contributed by atoms with E-state index in [9.17, 15) is 9.90 Å². The van der Waals surface area contributed by atoms with E-state index in [1.165, 1.54) is 18.3 Å². The largest absolute Gasteiger partial charge is 0.507 e. The van der Waals surface area contributed by atoms with Crippen molar-refractivity contribution in [3.8, 4) is 22.7 Å². The summed E-state index contributed by atoms with van der Waals surface area (Å²) in [6.45, 7) is 0. The Morgan fingerprint density at radius 1 is 1.03 bits per heavy atom. The molecule has 2 N–H and O–H groups in total. The van der Waals surface area contributed by atoms with Crippen molar-refractivity contribution in [1.82, 2.24) is 15.2 Å². The maximum atomic E-state index is 12.3. The summed E-state index contributed by atoms with van der Waals surface area (Å²) in [7, 11) is 0. The van der Waals surface area contributed by atoms with Gasteiger partial charge in [-0.05, 0) is 30.3 Å². The van der Waals surface area contributed by atoms with Crippen LogP contribution >= 0.6 is 11.6 Å². The summed E-state index contributed by atoms with van der Waals surface area (Å²) in [5.41, 5.74) is 5.71. The Labute approximate surface area is 178 Å². The first kappa shape index (κ1) is 19.4. The number of benzene rings is 3. The van der Waals surface area contributed by atoms with E-state index in [0.29, 0.717) is 16.3 Å². The van der Waals surface area contributed by atoms with E-state index < -0.39 is 5.91 Å². The minimum atomic E-state index is -0.507. The molecular formula is C23H17ClN4O2. The molecule has 7 heteroatoms. The van der Waals surface area contributed by atoms with Crippen LogP contribution in [0.1, 0.15) is 15.9 Å². The Morgan fingerprint density at radius 2 is 1.80 bits per heavy atom. The predicted octanol–water partition coefficient (Wildman–Crippen LogP) is 4.66. The number of nitrogens with one attached hydrogen (secondary N) is 1. The number of carbonyl (C=O) groups is 1. The van der Waals surface area contributed by atoms with Crippen molar-refractivity contribution in [2.45, 2.75) is 0 Å². The number of nitrogens with zero attached hydrogens (tertiary/aromatic N) is 3. The highest BCUT2D eigenvalue weighted by Gasteiger charge is 2.12. The van der Waals surface area contributed by atoms with Gasteiger partial charge >= 0.3 is 0 Å². The molecule has 4 aromatic rings.